The normalized spacial score (nSPS) is 25.7. The predicted octanol–water partition coefficient (Wildman–Crippen LogP) is 2.06. The summed E-state index contributed by atoms with van der Waals surface area (Å²) in [4.78, 5) is 14.4. The first-order chi connectivity index (χ1) is 7.81. The van der Waals surface area contributed by atoms with Crippen molar-refractivity contribution in [3.63, 3.8) is 0 Å². The van der Waals surface area contributed by atoms with Crippen LogP contribution in [0.3, 0.4) is 0 Å². The molecule has 1 amide bonds. The first-order valence-electron chi connectivity index (χ1n) is 6.74. The number of rotatable bonds is 3. The van der Waals surface area contributed by atoms with Gasteiger partial charge >= 0.3 is 0 Å². The van der Waals surface area contributed by atoms with Crippen molar-refractivity contribution >= 4 is 18.3 Å². The van der Waals surface area contributed by atoms with Crippen LogP contribution in [0.25, 0.3) is 0 Å². The molecule has 1 saturated carbocycles. The molecule has 0 aromatic rings. The Morgan fingerprint density at radius 2 is 1.94 bits per heavy atom. The van der Waals surface area contributed by atoms with Crippen LogP contribution in [0.2, 0.25) is 0 Å². The van der Waals surface area contributed by atoms with E-state index in [1.807, 2.05) is 7.05 Å². The van der Waals surface area contributed by atoms with Crippen molar-refractivity contribution < 1.29 is 4.79 Å². The SMILES string of the molecule is CNCC1CCN(C(=O)C2CCCCC2)C1.Cl. The lowest BCUT2D eigenvalue weighted by atomic mass is 9.88. The molecule has 2 rings (SSSR count). The number of hydrogen-bond acceptors (Lipinski definition) is 2. The number of likely N-dealkylation sites (tertiary alicyclic amines) is 1. The van der Waals surface area contributed by atoms with Gasteiger partial charge in [0.1, 0.15) is 0 Å². The van der Waals surface area contributed by atoms with E-state index in [4.69, 9.17) is 0 Å². The van der Waals surface area contributed by atoms with E-state index in [1.54, 1.807) is 0 Å². The smallest absolute Gasteiger partial charge is 0.225 e. The monoisotopic (exact) mass is 260 g/mol. The molecule has 1 heterocycles. The Morgan fingerprint density at radius 1 is 1.24 bits per heavy atom. The van der Waals surface area contributed by atoms with Crippen LogP contribution in [0.1, 0.15) is 38.5 Å². The van der Waals surface area contributed by atoms with Crippen LogP contribution in [0.5, 0.6) is 0 Å². The molecule has 1 aliphatic carbocycles. The van der Waals surface area contributed by atoms with Gasteiger partial charge in [0.05, 0.1) is 0 Å². The summed E-state index contributed by atoms with van der Waals surface area (Å²) in [5.74, 6) is 1.47. The van der Waals surface area contributed by atoms with E-state index >= 15 is 0 Å². The molecule has 0 spiro atoms. The molecule has 1 aliphatic heterocycles. The van der Waals surface area contributed by atoms with Gasteiger partial charge in [-0.1, -0.05) is 19.3 Å². The van der Waals surface area contributed by atoms with Crippen LogP contribution in [0, 0.1) is 11.8 Å². The van der Waals surface area contributed by atoms with E-state index in [0.29, 0.717) is 17.7 Å². The number of halogens is 1. The summed E-state index contributed by atoms with van der Waals surface area (Å²) in [5, 5.41) is 3.21. The summed E-state index contributed by atoms with van der Waals surface area (Å²) in [5.41, 5.74) is 0. The van der Waals surface area contributed by atoms with Crippen molar-refractivity contribution in [3.05, 3.63) is 0 Å². The summed E-state index contributed by atoms with van der Waals surface area (Å²) in [6.45, 7) is 3.02. The number of carbonyl (C=O) groups is 1. The quantitative estimate of drug-likeness (QED) is 0.843. The number of carbonyl (C=O) groups excluding carboxylic acids is 1. The Morgan fingerprint density at radius 3 is 2.59 bits per heavy atom. The summed E-state index contributed by atoms with van der Waals surface area (Å²) < 4.78 is 0. The number of nitrogens with one attached hydrogen (secondary N) is 1. The minimum absolute atomic E-state index is 0. The summed E-state index contributed by atoms with van der Waals surface area (Å²) in [6.07, 6.45) is 7.28. The molecule has 2 aliphatic rings. The van der Waals surface area contributed by atoms with E-state index in [-0.39, 0.29) is 12.4 Å². The molecule has 0 bridgehead atoms. The largest absolute Gasteiger partial charge is 0.342 e. The molecule has 3 nitrogen and oxygen atoms in total. The highest BCUT2D eigenvalue weighted by molar-refractivity contribution is 5.85. The average molecular weight is 261 g/mol. The molecule has 1 N–H and O–H groups in total. The first-order valence-corrected chi connectivity index (χ1v) is 6.74. The molecule has 4 heteroatoms. The fraction of sp³-hybridized carbons (Fsp3) is 0.923. The number of amides is 1. The highest BCUT2D eigenvalue weighted by atomic mass is 35.5. The fourth-order valence-electron chi connectivity index (χ4n) is 3.10. The minimum Gasteiger partial charge on any atom is -0.342 e. The van der Waals surface area contributed by atoms with Crippen LogP contribution in [0.15, 0.2) is 0 Å². The Balaban J connectivity index is 0.00000144. The second-order valence-electron chi connectivity index (χ2n) is 5.33. The lowest BCUT2D eigenvalue weighted by molar-refractivity contribution is -0.135. The van der Waals surface area contributed by atoms with Gasteiger partial charge in [-0.05, 0) is 38.8 Å². The molecule has 1 atom stereocenters. The lowest BCUT2D eigenvalue weighted by Crippen LogP contribution is -2.36. The van der Waals surface area contributed by atoms with Gasteiger partial charge in [0.15, 0.2) is 0 Å². The van der Waals surface area contributed by atoms with Crippen LogP contribution >= 0.6 is 12.4 Å². The molecular weight excluding hydrogens is 236 g/mol. The van der Waals surface area contributed by atoms with Gasteiger partial charge in [-0.3, -0.25) is 4.79 Å². The molecule has 1 saturated heterocycles. The van der Waals surface area contributed by atoms with Crippen molar-refractivity contribution in [3.8, 4) is 0 Å². The van der Waals surface area contributed by atoms with Gasteiger partial charge < -0.3 is 10.2 Å². The van der Waals surface area contributed by atoms with Gasteiger partial charge in [-0.25, -0.2) is 0 Å². The molecule has 100 valence electrons. The Hall–Kier alpha value is -0.280. The van der Waals surface area contributed by atoms with Crippen molar-refractivity contribution in [2.24, 2.45) is 11.8 Å². The van der Waals surface area contributed by atoms with Crippen molar-refractivity contribution in [2.45, 2.75) is 38.5 Å². The maximum absolute atomic E-state index is 12.3. The molecule has 2 fully saturated rings. The van der Waals surface area contributed by atoms with E-state index in [9.17, 15) is 4.79 Å². The molecule has 0 radical (unpaired) electrons. The van der Waals surface area contributed by atoms with E-state index < -0.39 is 0 Å². The zero-order valence-corrected chi connectivity index (χ0v) is 11.6. The Bertz CT molecular complexity index is 242. The minimum atomic E-state index is 0. The number of hydrogen-bond donors (Lipinski definition) is 1. The van der Waals surface area contributed by atoms with Crippen molar-refractivity contribution in [2.75, 3.05) is 26.7 Å². The van der Waals surface area contributed by atoms with Gasteiger partial charge in [0.25, 0.3) is 0 Å². The highest BCUT2D eigenvalue weighted by Gasteiger charge is 2.30. The highest BCUT2D eigenvalue weighted by Crippen LogP contribution is 2.27. The average Bonchev–Trinajstić information content (AvgIpc) is 2.78. The second-order valence-corrected chi connectivity index (χ2v) is 5.33. The summed E-state index contributed by atoms with van der Waals surface area (Å²) in [7, 11) is 1.99. The zero-order valence-electron chi connectivity index (χ0n) is 10.8. The summed E-state index contributed by atoms with van der Waals surface area (Å²) in [6, 6.07) is 0. The molecule has 17 heavy (non-hydrogen) atoms. The fourth-order valence-corrected chi connectivity index (χ4v) is 3.10. The molecular formula is C13H25ClN2O. The van der Waals surface area contributed by atoms with Crippen LogP contribution in [0.4, 0.5) is 0 Å². The van der Waals surface area contributed by atoms with Crippen molar-refractivity contribution in [1.82, 2.24) is 10.2 Å². The zero-order chi connectivity index (χ0) is 11.4. The summed E-state index contributed by atoms with van der Waals surface area (Å²) >= 11 is 0. The third-order valence-corrected chi connectivity index (χ3v) is 4.04. The Kier molecular flexibility index (Phi) is 6.28. The van der Waals surface area contributed by atoms with E-state index in [1.165, 1.54) is 25.7 Å². The van der Waals surface area contributed by atoms with Crippen LogP contribution in [-0.2, 0) is 4.79 Å². The van der Waals surface area contributed by atoms with Gasteiger partial charge in [0.2, 0.25) is 5.91 Å². The van der Waals surface area contributed by atoms with Gasteiger partial charge in [-0.2, -0.15) is 0 Å². The van der Waals surface area contributed by atoms with E-state index in [0.717, 1.165) is 32.5 Å². The van der Waals surface area contributed by atoms with Crippen LogP contribution < -0.4 is 5.32 Å². The third kappa shape index (κ3) is 3.85. The maximum Gasteiger partial charge on any atom is 0.225 e. The predicted molar refractivity (Wildman–Crippen MR) is 72.4 cm³/mol. The third-order valence-electron chi connectivity index (χ3n) is 4.04. The molecule has 0 aromatic heterocycles. The second kappa shape index (κ2) is 7.22. The standard InChI is InChI=1S/C13H24N2O.ClH/c1-14-9-11-7-8-15(10-11)13(16)12-5-3-2-4-6-12;/h11-12,14H,2-10H2,1H3;1H. The Labute approximate surface area is 111 Å². The molecule has 1 unspecified atom stereocenters. The first kappa shape index (κ1) is 14.8. The number of nitrogens with zero attached hydrogens (tertiary/aromatic N) is 1. The van der Waals surface area contributed by atoms with Crippen LogP contribution in [-0.4, -0.2) is 37.5 Å². The lowest BCUT2D eigenvalue weighted by Gasteiger charge is -2.26. The maximum atomic E-state index is 12.3. The van der Waals surface area contributed by atoms with Crippen molar-refractivity contribution in [1.29, 1.82) is 0 Å². The topological polar surface area (TPSA) is 32.3 Å². The molecule has 0 aromatic carbocycles. The van der Waals surface area contributed by atoms with E-state index in [2.05, 4.69) is 10.2 Å². The van der Waals surface area contributed by atoms with Gasteiger partial charge in [0, 0.05) is 19.0 Å². The van der Waals surface area contributed by atoms with Gasteiger partial charge in [-0.15, -0.1) is 12.4 Å².